The van der Waals surface area contributed by atoms with Crippen LogP contribution in [0.25, 0.3) is 0 Å². The third kappa shape index (κ3) is 4.44. The molecule has 0 spiro atoms. The second-order valence-corrected chi connectivity index (χ2v) is 4.49. The van der Waals surface area contributed by atoms with Gasteiger partial charge in [-0.25, -0.2) is 8.78 Å². The van der Waals surface area contributed by atoms with E-state index < -0.39 is 17.5 Å². The molecule has 2 N–H and O–H groups in total. The predicted octanol–water partition coefficient (Wildman–Crippen LogP) is 3.41. The molecule has 0 heterocycles. The number of anilines is 2. The quantitative estimate of drug-likeness (QED) is 0.860. The molecule has 0 fully saturated rings. The minimum atomic E-state index is -0.745. The maximum atomic E-state index is 13.0. The monoisotopic (exact) mass is 306 g/mol. The van der Waals surface area contributed by atoms with Gasteiger partial charge in [0.2, 0.25) is 5.91 Å². The Balaban J connectivity index is 1.95. The van der Waals surface area contributed by atoms with Gasteiger partial charge >= 0.3 is 0 Å². The Morgan fingerprint density at radius 1 is 1.14 bits per heavy atom. The summed E-state index contributed by atoms with van der Waals surface area (Å²) in [7, 11) is 0. The number of carbonyl (C=O) groups is 1. The molecule has 0 bridgehead atoms. The summed E-state index contributed by atoms with van der Waals surface area (Å²) in [6, 6.07) is 10.0. The standard InChI is InChI=1S/C16H16F2N2O2/c1-2-22-15-6-4-3-5-14(15)19-10-16(21)20-13-8-11(17)7-12(18)9-13/h3-9,19H,2,10H2,1H3,(H,20,21). The van der Waals surface area contributed by atoms with Crippen molar-refractivity contribution in [2.45, 2.75) is 6.92 Å². The lowest BCUT2D eigenvalue weighted by atomic mass is 10.3. The van der Waals surface area contributed by atoms with Crippen LogP contribution in [0.2, 0.25) is 0 Å². The Kier molecular flexibility index (Phi) is 5.30. The first kappa shape index (κ1) is 15.8. The van der Waals surface area contributed by atoms with Crippen molar-refractivity contribution in [3.05, 3.63) is 54.1 Å². The van der Waals surface area contributed by atoms with Crippen molar-refractivity contribution in [3.63, 3.8) is 0 Å². The van der Waals surface area contributed by atoms with E-state index in [9.17, 15) is 13.6 Å². The smallest absolute Gasteiger partial charge is 0.243 e. The molecule has 0 radical (unpaired) electrons. The van der Waals surface area contributed by atoms with E-state index in [-0.39, 0.29) is 12.2 Å². The van der Waals surface area contributed by atoms with E-state index in [1.807, 2.05) is 19.1 Å². The third-order valence-electron chi connectivity index (χ3n) is 2.77. The lowest BCUT2D eigenvalue weighted by Gasteiger charge is -2.12. The van der Waals surface area contributed by atoms with Crippen LogP contribution < -0.4 is 15.4 Å². The molecule has 0 atom stereocenters. The van der Waals surface area contributed by atoms with Crippen molar-refractivity contribution in [1.82, 2.24) is 0 Å². The predicted molar refractivity (Wildman–Crippen MR) is 81.1 cm³/mol. The second-order valence-electron chi connectivity index (χ2n) is 4.49. The van der Waals surface area contributed by atoms with Crippen molar-refractivity contribution >= 4 is 17.3 Å². The number of carbonyl (C=O) groups excluding carboxylic acids is 1. The molecule has 0 aromatic heterocycles. The number of halogens is 2. The van der Waals surface area contributed by atoms with Crippen LogP contribution in [0.15, 0.2) is 42.5 Å². The fraction of sp³-hybridized carbons (Fsp3) is 0.188. The van der Waals surface area contributed by atoms with E-state index >= 15 is 0 Å². The molecule has 6 heteroatoms. The number of para-hydroxylation sites is 2. The zero-order chi connectivity index (χ0) is 15.9. The van der Waals surface area contributed by atoms with E-state index in [2.05, 4.69) is 10.6 Å². The van der Waals surface area contributed by atoms with Gasteiger partial charge in [-0.3, -0.25) is 4.79 Å². The molecule has 0 saturated heterocycles. The second kappa shape index (κ2) is 7.40. The largest absolute Gasteiger partial charge is 0.492 e. The SMILES string of the molecule is CCOc1ccccc1NCC(=O)Nc1cc(F)cc(F)c1. The number of hydrogen-bond donors (Lipinski definition) is 2. The lowest BCUT2D eigenvalue weighted by Crippen LogP contribution is -2.22. The zero-order valence-corrected chi connectivity index (χ0v) is 12.0. The van der Waals surface area contributed by atoms with Crippen LogP contribution in [0.1, 0.15) is 6.92 Å². The van der Waals surface area contributed by atoms with Crippen LogP contribution >= 0.6 is 0 Å². The minimum Gasteiger partial charge on any atom is -0.492 e. The van der Waals surface area contributed by atoms with E-state index in [4.69, 9.17) is 4.74 Å². The van der Waals surface area contributed by atoms with Gasteiger partial charge in [-0.15, -0.1) is 0 Å². The average molecular weight is 306 g/mol. The molecule has 0 unspecified atom stereocenters. The van der Waals surface area contributed by atoms with Crippen LogP contribution in [0.5, 0.6) is 5.75 Å². The van der Waals surface area contributed by atoms with Crippen molar-refractivity contribution in [2.24, 2.45) is 0 Å². The Morgan fingerprint density at radius 2 is 1.82 bits per heavy atom. The van der Waals surface area contributed by atoms with Crippen molar-refractivity contribution in [3.8, 4) is 5.75 Å². The van der Waals surface area contributed by atoms with E-state index in [0.29, 0.717) is 18.0 Å². The minimum absolute atomic E-state index is 0.0534. The summed E-state index contributed by atoms with van der Waals surface area (Å²) in [5, 5.41) is 5.35. The summed E-state index contributed by atoms with van der Waals surface area (Å²) >= 11 is 0. The van der Waals surface area contributed by atoms with Gasteiger partial charge in [-0.1, -0.05) is 12.1 Å². The van der Waals surface area contributed by atoms with Gasteiger partial charge in [0, 0.05) is 11.8 Å². The van der Waals surface area contributed by atoms with Gasteiger partial charge in [-0.05, 0) is 31.2 Å². The Morgan fingerprint density at radius 3 is 2.50 bits per heavy atom. The van der Waals surface area contributed by atoms with Crippen molar-refractivity contribution < 1.29 is 18.3 Å². The van der Waals surface area contributed by atoms with Crippen LogP contribution in [0.4, 0.5) is 20.2 Å². The van der Waals surface area contributed by atoms with Gasteiger partial charge in [0.15, 0.2) is 0 Å². The Labute approximate surface area is 127 Å². The van der Waals surface area contributed by atoms with Gasteiger partial charge < -0.3 is 15.4 Å². The van der Waals surface area contributed by atoms with Crippen molar-refractivity contribution in [1.29, 1.82) is 0 Å². The molecule has 22 heavy (non-hydrogen) atoms. The first-order valence-electron chi connectivity index (χ1n) is 6.80. The summed E-state index contributed by atoms with van der Waals surface area (Å²) in [6.45, 7) is 2.32. The number of hydrogen-bond acceptors (Lipinski definition) is 3. The Bertz CT molecular complexity index is 642. The van der Waals surface area contributed by atoms with Gasteiger partial charge in [0.25, 0.3) is 0 Å². The molecule has 0 aliphatic carbocycles. The zero-order valence-electron chi connectivity index (χ0n) is 12.0. The highest BCUT2D eigenvalue weighted by molar-refractivity contribution is 5.93. The normalized spacial score (nSPS) is 10.1. The molecular formula is C16H16F2N2O2. The molecular weight excluding hydrogens is 290 g/mol. The summed E-state index contributed by atoms with van der Waals surface area (Å²) in [5.74, 6) is -1.28. The van der Waals surface area contributed by atoms with E-state index in [1.54, 1.807) is 12.1 Å². The van der Waals surface area contributed by atoms with Crippen molar-refractivity contribution in [2.75, 3.05) is 23.8 Å². The molecule has 116 valence electrons. The van der Waals surface area contributed by atoms with Gasteiger partial charge in [-0.2, -0.15) is 0 Å². The number of nitrogens with one attached hydrogen (secondary N) is 2. The summed E-state index contributed by atoms with van der Waals surface area (Å²) in [4.78, 5) is 11.8. The molecule has 4 nitrogen and oxygen atoms in total. The summed E-state index contributed by atoms with van der Waals surface area (Å²) < 4.78 is 31.5. The van der Waals surface area contributed by atoms with E-state index in [1.165, 1.54) is 0 Å². The highest BCUT2D eigenvalue weighted by Crippen LogP contribution is 2.23. The fourth-order valence-corrected chi connectivity index (χ4v) is 1.90. The lowest BCUT2D eigenvalue weighted by molar-refractivity contribution is -0.114. The number of rotatable bonds is 6. The highest BCUT2D eigenvalue weighted by Gasteiger charge is 2.07. The van der Waals surface area contributed by atoms with Crippen LogP contribution in [-0.4, -0.2) is 19.1 Å². The molecule has 0 saturated carbocycles. The van der Waals surface area contributed by atoms with Gasteiger partial charge in [0.1, 0.15) is 17.4 Å². The Hall–Kier alpha value is -2.63. The maximum absolute atomic E-state index is 13.0. The molecule has 1 amide bonds. The van der Waals surface area contributed by atoms with Crippen LogP contribution in [-0.2, 0) is 4.79 Å². The maximum Gasteiger partial charge on any atom is 0.243 e. The topological polar surface area (TPSA) is 50.4 Å². The van der Waals surface area contributed by atoms with Crippen LogP contribution in [0, 0.1) is 11.6 Å². The van der Waals surface area contributed by atoms with Gasteiger partial charge in [0.05, 0.1) is 18.8 Å². The van der Waals surface area contributed by atoms with Crippen LogP contribution in [0.3, 0.4) is 0 Å². The van der Waals surface area contributed by atoms with E-state index in [0.717, 1.165) is 18.2 Å². The summed E-state index contributed by atoms with van der Waals surface area (Å²) in [5.41, 5.74) is 0.743. The number of benzene rings is 2. The fourth-order valence-electron chi connectivity index (χ4n) is 1.90. The first-order chi connectivity index (χ1) is 10.6. The molecule has 0 aliphatic heterocycles. The highest BCUT2D eigenvalue weighted by atomic mass is 19.1. The average Bonchev–Trinajstić information content (AvgIpc) is 2.45. The molecule has 2 aromatic carbocycles. The molecule has 2 rings (SSSR count). The summed E-state index contributed by atoms with van der Waals surface area (Å²) in [6.07, 6.45) is 0. The number of ether oxygens (including phenoxy) is 1. The molecule has 2 aromatic rings. The molecule has 0 aliphatic rings. The number of amides is 1. The first-order valence-corrected chi connectivity index (χ1v) is 6.80. The third-order valence-corrected chi connectivity index (χ3v) is 2.77.